The van der Waals surface area contributed by atoms with Crippen LogP contribution in [0, 0.1) is 11.8 Å². The topological polar surface area (TPSA) is 26.0 Å². The van der Waals surface area contributed by atoms with E-state index in [1.165, 1.54) is 16.5 Å². The van der Waals surface area contributed by atoms with Gasteiger partial charge in [-0.05, 0) is 36.3 Å². The molecule has 1 aromatic carbocycles. The highest BCUT2D eigenvalue weighted by atomic mass is 79.9. The van der Waals surface area contributed by atoms with Crippen LogP contribution in [-0.4, -0.2) is 6.04 Å². The third-order valence-electron chi connectivity index (χ3n) is 3.14. The van der Waals surface area contributed by atoms with Crippen molar-refractivity contribution in [3.63, 3.8) is 0 Å². The zero-order valence-corrected chi connectivity index (χ0v) is 10.00. The van der Waals surface area contributed by atoms with Crippen molar-refractivity contribution in [3.05, 3.63) is 34.3 Å². The predicted molar refractivity (Wildman–Crippen MR) is 63.1 cm³/mol. The summed E-state index contributed by atoms with van der Waals surface area (Å²) in [4.78, 5) is 0. The summed E-state index contributed by atoms with van der Waals surface area (Å²) in [6.07, 6.45) is 2.31. The van der Waals surface area contributed by atoms with E-state index in [-0.39, 0.29) is 0 Å². The van der Waals surface area contributed by atoms with E-state index in [2.05, 4.69) is 41.1 Å². The van der Waals surface area contributed by atoms with E-state index in [9.17, 15) is 0 Å². The van der Waals surface area contributed by atoms with Crippen LogP contribution >= 0.6 is 15.9 Å². The van der Waals surface area contributed by atoms with Crippen LogP contribution in [-0.2, 0) is 6.42 Å². The van der Waals surface area contributed by atoms with E-state index >= 15 is 0 Å². The maximum Gasteiger partial charge on any atom is 0.0207 e. The molecule has 0 bridgehead atoms. The van der Waals surface area contributed by atoms with Gasteiger partial charge in [-0.25, -0.2) is 0 Å². The molecule has 0 radical (unpaired) electrons. The Labute approximate surface area is 93.8 Å². The maximum absolute atomic E-state index is 6.15. The molecule has 2 heteroatoms. The van der Waals surface area contributed by atoms with Crippen molar-refractivity contribution in [2.24, 2.45) is 17.6 Å². The summed E-state index contributed by atoms with van der Waals surface area (Å²) in [6, 6.07) is 8.68. The minimum Gasteiger partial charge on any atom is -0.327 e. The van der Waals surface area contributed by atoms with Crippen molar-refractivity contribution >= 4 is 15.9 Å². The van der Waals surface area contributed by atoms with E-state index in [1.54, 1.807) is 0 Å². The van der Waals surface area contributed by atoms with Gasteiger partial charge in [0.25, 0.3) is 0 Å². The third kappa shape index (κ3) is 2.18. The van der Waals surface area contributed by atoms with Crippen LogP contribution in [0.4, 0.5) is 0 Å². The van der Waals surface area contributed by atoms with Gasteiger partial charge in [0.1, 0.15) is 0 Å². The zero-order valence-electron chi connectivity index (χ0n) is 8.41. The van der Waals surface area contributed by atoms with E-state index < -0.39 is 0 Å². The molecule has 1 fully saturated rings. The number of hydrogen-bond donors (Lipinski definition) is 1. The van der Waals surface area contributed by atoms with Crippen LogP contribution in [0.3, 0.4) is 0 Å². The van der Waals surface area contributed by atoms with Crippen molar-refractivity contribution in [2.45, 2.75) is 25.8 Å². The summed E-state index contributed by atoms with van der Waals surface area (Å²) < 4.78 is 1.18. The van der Waals surface area contributed by atoms with Gasteiger partial charge in [0.15, 0.2) is 0 Å². The number of halogens is 1. The lowest BCUT2D eigenvalue weighted by Crippen LogP contribution is -2.26. The first-order valence-corrected chi connectivity index (χ1v) is 5.96. The molecule has 0 spiro atoms. The summed E-state index contributed by atoms with van der Waals surface area (Å²) in [6.45, 7) is 2.28. The minimum absolute atomic E-state index is 0.337. The molecule has 1 nitrogen and oxygen atoms in total. The second kappa shape index (κ2) is 4.03. The fraction of sp³-hybridized carbons (Fsp3) is 0.500. The average Bonchev–Trinajstić information content (AvgIpc) is 2.87. The summed E-state index contributed by atoms with van der Waals surface area (Å²) in [5.74, 6) is 1.59. The molecule has 2 rings (SSSR count). The van der Waals surface area contributed by atoms with Crippen LogP contribution in [0.5, 0.6) is 0 Å². The van der Waals surface area contributed by atoms with Crippen molar-refractivity contribution in [2.75, 3.05) is 0 Å². The zero-order chi connectivity index (χ0) is 10.1. The highest BCUT2D eigenvalue weighted by molar-refractivity contribution is 9.10. The Hall–Kier alpha value is -0.340. The first kappa shape index (κ1) is 10.2. The normalized spacial score (nSPS) is 27.4. The van der Waals surface area contributed by atoms with Crippen LogP contribution in [0.2, 0.25) is 0 Å². The lowest BCUT2D eigenvalue weighted by atomic mass is 10.0. The SMILES string of the molecule is CC1CC1C(N)Cc1ccccc1Br. The number of nitrogens with two attached hydrogens (primary N) is 1. The molecule has 1 aliphatic carbocycles. The Kier molecular flexibility index (Phi) is 2.93. The van der Waals surface area contributed by atoms with Gasteiger partial charge in [-0.3, -0.25) is 0 Å². The Morgan fingerprint density at radius 1 is 1.50 bits per heavy atom. The van der Waals surface area contributed by atoms with Gasteiger partial charge in [0.2, 0.25) is 0 Å². The molecule has 0 aliphatic heterocycles. The fourth-order valence-electron chi connectivity index (χ4n) is 2.02. The van der Waals surface area contributed by atoms with Gasteiger partial charge in [-0.2, -0.15) is 0 Å². The number of hydrogen-bond acceptors (Lipinski definition) is 1. The Morgan fingerprint density at radius 3 is 2.71 bits per heavy atom. The maximum atomic E-state index is 6.15. The molecule has 0 heterocycles. The van der Waals surface area contributed by atoms with Crippen molar-refractivity contribution < 1.29 is 0 Å². The van der Waals surface area contributed by atoms with Crippen molar-refractivity contribution in [3.8, 4) is 0 Å². The smallest absolute Gasteiger partial charge is 0.0207 e. The van der Waals surface area contributed by atoms with E-state index in [1.807, 2.05) is 6.07 Å². The predicted octanol–water partition coefficient (Wildman–Crippen LogP) is 2.97. The molecular weight excluding hydrogens is 238 g/mol. The Morgan fingerprint density at radius 2 is 2.14 bits per heavy atom. The lowest BCUT2D eigenvalue weighted by Gasteiger charge is -2.11. The van der Waals surface area contributed by atoms with Gasteiger partial charge in [0.05, 0.1) is 0 Å². The molecule has 1 aliphatic rings. The van der Waals surface area contributed by atoms with Gasteiger partial charge >= 0.3 is 0 Å². The Bertz CT molecular complexity index is 324. The van der Waals surface area contributed by atoms with Crippen molar-refractivity contribution in [1.29, 1.82) is 0 Å². The molecule has 0 aromatic heterocycles. The third-order valence-corrected chi connectivity index (χ3v) is 3.91. The Balaban J connectivity index is 2.00. The summed E-state index contributed by atoms with van der Waals surface area (Å²) in [5.41, 5.74) is 7.48. The minimum atomic E-state index is 0.337. The second-order valence-corrected chi connectivity index (χ2v) is 5.19. The second-order valence-electron chi connectivity index (χ2n) is 4.34. The van der Waals surface area contributed by atoms with Crippen LogP contribution in [0.15, 0.2) is 28.7 Å². The molecule has 2 N–H and O–H groups in total. The van der Waals surface area contributed by atoms with Gasteiger partial charge in [0, 0.05) is 10.5 Å². The average molecular weight is 254 g/mol. The van der Waals surface area contributed by atoms with Gasteiger partial charge in [-0.1, -0.05) is 41.1 Å². The molecular formula is C12H16BrN. The van der Waals surface area contributed by atoms with Crippen LogP contribution in [0.1, 0.15) is 18.9 Å². The number of benzene rings is 1. The number of rotatable bonds is 3. The highest BCUT2D eigenvalue weighted by Gasteiger charge is 2.37. The van der Waals surface area contributed by atoms with Gasteiger partial charge in [-0.15, -0.1) is 0 Å². The molecule has 76 valence electrons. The van der Waals surface area contributed by atoms with E-state index in [4.69, 9.17) is 5.73 Å². The molecule has 0 amide bonds. The molecule has 3 unspecified atom stereocenters. The fourth-order valence-corrected chi connectivity index (χ4v) is 2.46. The first-order chi connectivity index (χ1) is 6.68. The standard InChI is InChI=1S/C12H16BrN/c1-8-6-10(8)12(14)7-9-4-2-3-5-11(9)13/h2-5,8,10,12H,6-7,14H2,1H3. The molecule has 3 atom stereocenters. The van der Waals surface area contributed by atoms with E-state index in [0.29, 0.717) is 6.04 Å². The van der Waals surface area contributed by atoms with E-state index in [0.717, 1.165) is 18.3 Å². The monoisotopic (exact) mass is 253 g/mol. The summed E-state index contributed by atoms with van der Waals surface area (Å²) in [5, 5.41) is 0. The lowest BCUT2D eigenvalue weighted by molar-refractivity contribution is 0.559. The largest absolute Gasteiger partial charge is 0.327 e. The van der Waals surface area contributed by atoms with Gasteiger partial charge < -0.3 is 5.73 Å². The highest BCUT2D eigenvalue weighted by Crippen LogP contribution is 2.40. The molecule has 1 saturated carbocycles. The van der Waals surface area contributed by atoms with Crippen molar-refractivity contribution in [1.82, 2.24) is 0 Å². The van der Waals surface area contributed by atoms with Crippen LogP contribution in [0.25, 0.3) is 0 Å². The van der Waals surface area contributed by atoms with Crippen LogP contribution < -0.4 is 5.73 Å². The molecule has 1 aromatic rings. The molecule has 0 saturated heterocycles. The first-order valence-electron chi connectivity index (χ1n) is 5.17. The quantitative estimate of drug-likeness (QED) is 0.881. The molecule has 14 heavy (non-hydrogen) atoms. The summed E-state index contributed by atoms with van der Waals surface area (Å²) >= 11 is 3.55. The summed E-state index contributed by atoms with van der Waals surface area (Å²) in [7, 11) is 0.